The second kappa shape index (κ2) is 8.43. The molecule has 1 aliphatic rings. The van der Waals surface area contributed by atoms with Crippen LogP contribution in [-0.4, -0.2) is 17.0 Å². The van der Waals surface area contributed by atoms with Crippen molar-refractivity contribution in [1.29, 1.82) is 0 Å². The molecule has 0 heterocycles. The maximum atomic E-state index is 10.4. The van der Waals surface area contributed by atoms with Gasteiger partial charge in [-0.2, -0.15) is 0 Å². The molecule has 0 aliphatic heterocycles. The first kappa shape index (κ1) is 19.7. The Kier molecular flexibility index (Phi) is 10.4. The molecule has 0 saturated carbocycles. The summed E-state index contributed by atoms with van der Waals surface area (Å²) in [6.07, 6.45) is 1.44. The molecule has 0 spiro atoms. The fourth-order valence-electron chi connectivity index (χ4n) is 1.31. The van der Waals surface area contributed by atoms with Gasteiger partial charge in [-0.3, -0.25) is 4.57 Å². The van der Waals surface area contributed by atoms with E-state index in [1.165, 1.54) is 0 Å². The summed E-state index contributed by atoms with van der Waals surface area (Å²) in [5, 5.41) is 10.4. The van der Waals surface area contributed by atoms with E-state index >= 15 is 0 Å². The van der Waals surface area contributed by atoms with E-state index in [2.05, 4.69) is 4.52 Å². The van der Waals surface area contributed by atoms with Gasteiger partial charge in [-0.1, -0.05) is 6.08 Å². The summed E-state index contributed by atoms with van der Waals surface area (Å²) in [4.78, 5) is 29.1. The first-order valence-corrected chi connectivity index (χ1v) is 5.52. The van der Waals surface area contributed by atoms with E-state index in [1.807, 2.05) is 0 Å². The molecule has 0 amide bonds. The van der Waals surface area contributed by atoms with Crippen LogP contribution in [0.4, 0.5) is 0 Å². The molecule has 1 rings (SSSR count). The first-order valence-electron chi connectivity index (χ1n) is 4.03. The van der Waals surface area contributed by atoms with Crippen molar-refractivity contribution < 1.29 is 87.9 Å². The summed E-state index contributed by atoms with van der Waals surface area (Å²) < 4.78 is 14.6. The second-order valence-corrected chi connectivity index (χ2v) is 4.13. The zero-order valence-corrected chi connectivity index (χ0v) is 14.1. The van der Waals surface area contributed by atoms with Gasteiger partial charge < -0.3 is 24.2 Å². The Morgan fingerprint density at radius 2 is 2.12 bits per heavy atom. The van der Waals surface area contributed by atoms with Crippen LogP contribution in [0.3, 0.4) is 0 Å². The van der Waals surface area contributed by atoms with Gasteiger partial charge in [0, 0.05) is 0 Å². The number of aliphatic carboxylic acids is 1. The number of phosphoric acid groups is 1. The van der Waals surface area contributed by atoms with Crippen molar-refractivity contribution in [2.45, 2.75) is 25.4 Å². The molecular formula is C7H9Na2O6P. The molecule has 0 fully saturated rings. The van der Waals surface area contributed by atoms with Crippen LogP contribution >= 0.6 is 7.82 Å². The number of hydrogen-bond donors (Lipinski definition) is 1. The molecule has 9 heteroatoms. The summed E-state index contributed by atoms with van der Waals surface area (Å²) >= 11 is 0. The van der Waals surface area contributed by atoms with Gasteiger partial charge in [-0.15, -0.1) is 0 Å². The van der Waals surface area contributed by atoms with E-state index in [0.29, 0.717) is 19.3 Å². The Labute approximate surface area is 137 Å². The van der Waals surface area contributed by atoms with Gasteiger partial charge in [-0.05, 0) is 24.8 Å². The fraction of sp³-hybridized carbons (Fsp3) is 0.571. The van der Waals surface area contributed by atoms with E-state index in [9.17, 15) is 19.4 Å². The van der Waals surface area contributed by atoms with Crippen molar-refractivity contribution in [1.82, 2.24) is 0 Å². The quantitative estimate of drug-likeness (QED) is 0.401. The van der Waals surface area contributed by atoms with Crippen LogP contribution in [0.5, 0.6) is 0 Å². The van der Waals surface area contributed by atoms with E-state index in [1.54, 1.807) is 0 Å². The number of hydrogen-bond acceptors (Lipinski definition) is 5. The molecule has 0 aromatic heterocycles. The Morgan fingerprint density at radius 3 is 2.56 bits per heavy atom. The van der Waals surface area contributed by atoms with Crippen molar-refractivity contribution in [3.63, 3.8) is 0 Å². The van der Waals surface area contributed by atoms with Crippen LogP contribution in [0, 0.1) is 0 Å². The van der Waals surface area contributed by atoms with Gasteiger partial charge in [0.2, 0.25) is 0 Å². The van der Waals surface area contributed by atoms with Crippen LogP contribution in [0.1, 0.15) is 19.3 Å². The molecule has 0 radical (unpaired) electrons. The number of phosphoric ester groups is 1. The van der Waals surface area contributed by atoms with E-state index in [0.717, 1.165) is 6.08 Å². The van der Waals surface area contributed by atoms with E-state index in [-0.39, 0.29) is 64.7 Å². The molecule has 0 bridgehead atoms. The Balaban J connectivity index is 0. The number of carboxylic acid groups (broad SMARTS) is 1. The normalized spacial score (nSPS) is 23.1. The molecule has 0 aromatic carbocycles. The zero-order valence-electron chi connectivity index (χ0n) is 9.21. The maximum Gasteiger partial charge on any atom is 1.00 e. The molecule has 2 atom stereocenters. The Hall–Kier alpha value is 1.32. The zero-order chi connectivity index (χ0) is 10.8. The maximum absolute atomic E-state index is 10.4. The van der Waals surface area contributed by atoms with Crippen LogP contribution < -0.4 is 69.1 Å². The van der Waals surface area contributed by atoms with Crippen molar-refractivity contribution >= 4 is 13.8 Å². The minimum atomic E-state index is -4.80. The number of carbonyl (C=O) groups is 1. The van der Waals surface area contributed by atoms with Gasteiger partial charge in [0.1, 0.15) is 0 Å². The van der Waals surface area contributed by atoms with Crippen molar-refractivity contribution in [3.05, 3.63) is 11.6 Å². The molecule has 1 aliphatic carbocycles. The third-order valence-electron chi connectivity index (χ3n) is 1.85. The van der Waals surface area contributed by atoms with Crippen LogP contribution in [0.2, 0.25) is 0 Å². The summed E-state index contributed by atoms with van der Waals surface area (Å²) in [7, 11) is -4.80. The molecule has 0 aromatic rings. The van der Waals surface area contributed by atoms with Gasteiger partial charge in [-0.25, -0.2) is 0 Å². The van der Waals surface area contributed by atoms with Gasteiger partial charge >= 0.3 is 59.1 Å². The van der Waals surface area contributed by atoms with Gasteiger partial charge in [0.25, 0.3) is 7.82 Å². The molecule has 2 unspecified atom stereocenters. The number of carbonyl (C=O) groups excluding carboxylic acids is 1. The minimum absolute atomic E-state index is 0. The largest absolute Gasteiger partial charge is 1.00 e. The summed E-state index contributed by atoms with van der Waals surface area (Å²) in [5.41, 5.74) is 0.00898. The Morgan fingerprint density at radius 1 is 1.56 bits per heavy atom. The summed E-state index contributed by atoms with van der Waals surface area (Å²) in [6.45, 7) is 0. The fourth-order valence-corrected chi connectivity index (χ4v) is 1.82. The standard InChI is InChI=1S/C7H11O6P.2Na/c8-7(9)5-2-1-3-6(4-5)13-14(10,11)12;;/h4,6H,1-3H2,(H,8,9)(H2,10,11,12);;/q;2*+1/p-2. The van der Waals surface area contributed by atoms with Gasteiger partial charge in [0.15, 0.2) is 0 Å². The third kappa shape index (κ3) is 7.61. The molecule has 16 heavy (non-hydrogen) atoms. The number of rotatable bonds is 3. The van der Waals surface area contributed by atoms with Crippen molar-refractivity contribution in [2.75, 3.05) is 0 Å². The van der Waals surface area contributed by atoms with Crippen molar-refractivity contribution in [3.8, 4) is 0 Å². The van der Waals surface area contributed by atoms with Crippen LogP contribution in [-0.2, 0) is 13.9 Å². The smallest absolute Gasteiger partial charge is 0.756 e. The van der Waals surface area contributed by atoms with Crippen LogP contribution in [0.25, 0.3) is 0 Å². The predicted octanol–water partition coefficient (Wildman–Crippen LogP) is -7.30. The number of carboxylic acids is 1. The average Bonchev–Trinajstić information content (AvgIpc) is 2.01. The average molecular weight is 266 g/mol. The third-order valence-corrected chi connectivity index (χ3v) is 2.39. The van der Waals surface area contributed by atoms with E-state index < -0.39 is 19.9 Å². The predicted molar refractivity (Wildman–Crippen MR) is 41.6 cm³/mol. The molecule has 1 N–H and O–H groups in total. The molecule has 6 nitrogen and oxygen atoms in total. The van der Waals surface area contributed by atoms with Gasteiger partial charge in [0.05, 0.1) is 12.1 Å². The molecule has 80 valence electrons. The molecular weight excluding hydrogens is 257 g/mol. The second-order valence-electron chi connectivity index (χ2n) is 2.98. The first-order chi connectivity index (χ1) is 6.38. The minimum Gasteiger partial charge on any atom is -0.756 e. The monoisotopic (exact) mass is 266 g/mol. The van der Waals surface area contributed by atoms with Crippen molar-refractivity contribution in [2.24, 2.45) is 0 Å². The topological polar surface area (TPSA) is 110 Å². The summed E-state index contributed by atoms with van der Waals surface area (Å²) in [6, 6.07) is 0. The summed E-state index contributed by atoms with van der Waals surface area (Å²) in [5.74, 6) is -1.34. The Bertz CT molecular complexity index is 312. The molecule has 0 saturated heterocycles. The SMILES string of the molecule is O=C([O-])C1=CC(OP(=O)([O-])O)CCC1.[Na+].[Na+]. The van der Waals surface area contributed by atoms with E-state index in [4.69, 9.17) is 4.89 Å². The van der Waals surface area contributed by atoms with Crippen LogP contribution in [0.15, 0.2) is 11.6 Å².